The molecule has 0 unspecified atom stereocenters. The molecular weight excluding hydrogens is 193 g/mol. The minimum Gasteiger partial charge on any atom is -0.494 e. The van der Waals surface area contributed by atoms with E-state index >= 15 is 0 Å². The van der Waals surface area contributed by atoms with Gasteiger partial charge in [0.15, 0.2) is 11.6 Å². The topological polar surface area (TPSA) is 35.2 Å². The normalized spacial score (nSPS) is 13.7. The highest BCUT2D eigenvalue weighted by Gasteiger charge is 2.23. The summed E-state index contributed by atoms with van der Waals surface area (Å²) in [7, 11) is 1.45. The van der Waals surface area contributed by atoms with Crippen LogP contribution in [-0.2, 0) is 0 Å². The summed E-state index contributed by atoms with van der Waals surface area (Å²) in [4.78, 5) is 0. The molecule has 1 aromatic carbocycles. The van der Waals surface area contributed by atoms with Crippen molar-refractivity contribution >= 4 is 0 Å². The SMILES string of the molecule is COc1cc([C@@H](N)C(C)(C)C)ccc1F. The van der Waals surface area contributed by atoms with Crippen LogP contribution in [0.25, 0.3) is 0 Å². The van der Waals surface area contributed by atoms with Gasteiger partial charge in [0, 0.05) is 6.04 Å². The van der Waals surface area contributed by atoms with Gasteiger partial charge in [0.05, 0.1) is 7.11 Å². The first kappa shape index (κ1) is 12.0. The van der Waals surface area contributed by atoms with E-state index in [1.54, 1.807) is 12.1 Å². The van der Waals surface area contributed by atoms with E-state index in [1.165, 1.54) is 13.2 Å². The molecule has 1 aromatic rings. The largest absolute Gasteiger partial charge is 0.494 e. The van der Waals surface area contributed by atoms with Crippen LogP contribution in [-0.4, -0.2) is 7.11 Å². The molecule has 0 aliphatic heterocycles. The molecule has 0 saturated carbocycles. The molecule has 0 saturated heterocycles. The first-order valence-corrected chi connectivity index (χ1v) is 4.95. The molecule has 1 rings (SSSR count). The lowest BCUT2D eigenvalue weighted by atomic mass is 9.83. The number of hydrogen-bond acceptors (Lipinski definition) is 2. The third-order valence-electron chi connectivity index (χ3n) is 2.47. The quantitative estimate of drug-likeness (QED) is 0.816. The van der Waals surface area contributed by atoms with E-state index in [1.807, 2.05) is 20.8 Å². The predicted molar refractivity (Wildman–Crippen MR) is 59.3 cm³/mol. The lowest BCUT2D eigenvalue weighted by molar-refractivity contribution is 0.324. The highest BCUT2D eigenvalue weighted by atomic mass is 19.1. The fourth-order valence-electron chi connectivity index (χ4n) is 1.37. The highest BCUT2D eigenvalue weighted by molar-refractivity contribution is 5.32. The number of benzene rings is 1. The Morgan fingerprint density at radius 1 is 1.33 bits per heavy atom. The maximum atomic E-state index is 13.2. The molecule has 0 spiro atoms. The molecule has 0 aliphatic carbocycles. The Morgan fingerprint density at radius 2 is 1.93 bits per heavy atom. The Labute approximate surface area is 90.2 Å². The van der Waals surface area contributed by atoms with Crippen molar-refractivity contribution in [1.29, 1.82) is 0 Å². The zero-order chi connectivity index (χ0) is 11.6. The second kappa shape index (κ2) is 4.19. The fraction of sp³-hybridized carbons (Fsp3) is 0.500. The maximum Gasteiger partial charge on any atom is 0.165 e. The van der Waals surface area contributed by atoms with Crippen molar-refractivity contribution in [3.05, 3.63) is 29.6 Å². The van der Waals surface area contributed by atoms with Crippen molar-refractivity contribution in [1.82, 2.24) is 0 Å². The van der Waals surface area contributed by atoms with E-state index in [4.69, 9.17) is 10.5 Å². The summed E-state index contributed by atoms with van der Waals surface area (Å²) in [5.41, 5.74) is 6.90. The van der Waals surface area contributed by atoms with Crippen LogP contribution in [0.2, 0.25) is 0 Å². The van der Waals surface area contributed by atoms with Crippen molar-refractivity contribution in [3.63, 3.8) is 0 Å². The average molecular weight is 211 g/mol. The van der Waals surface area contributed by atoms with Crippen LogP contribution in [0, 0.1) is 11.2 Å². The van der Waals surface area contributed by atoms with Gasteiger partial charge in [-0.3, -0.25) is 0 Å². The maximum absolute atomic E-state index is 13.2. The Balaban J connectivity index is 3.06. The van der Waals surface area contributed by atoms with Gasteiger partial charge in [-0.15, -0.1) is 0 Å². The summed E-state index contributed by atoms with van der Waals surface area (Å²) >= 11 is 0. The minimum atomic E-state index is -0.359. The standard InChI is InChI=1S/C12H18FNO/c1-12(2,3)11(14)8-5-6-9(13)10(7-8)15-4/h5-7,11H,14H2,1-4H3/t11-/m1/s1. The number of ether oxygens (including phenoxy) is 1. The van der Waals surface area contributed by atoms with Crippen LogP contribution < -0.4 is 10.5 Å². The molecule has 0 amide bonds. The summed E-state index contributed by atoms with van der Waals surface area (Å²) in [6.07, 6.45) is 0. The molecular formula is C12H18FNO. The van der Waals surface area contributed by atoms with E-state index in [-0.39, 0.29) is 23.0 Å². The summed E-state index contributed by atoms with van der Waals surface area (Å²) in [5.74, 6) is -0.116. The second-order valence-electron chi connectivity index (χ2n) is 4.74. The number of rotatable bonds is 2. The predicted octanol–water partition coefficient (Wildman–Crippen LogP) is 2.88. The number of halogens is 1. The summed E-state index contributed by atoms with van der Waals surface area (Å²) < 4.78 is 18.1. The molecule has 15 heavy (non-hydrogen) atoms. The molecule has 0 fully saturated rings. The fourth-order valence-corrected chi connectivity index (χ4v) is 1.37. The Morgan fingerprint density at radius 3 is 2.40 bits per heavy atom. The van der Waals surface area contributed by atoms with Crippen molar-refractivity contribution in [2.45, 2.75) is 26.8 Å². The van der Waals surface area contributed by atoms with Gasteiger partial charge < -0.3 is 10.5 Å². The third-order valence-corrected chi connectivity index (χ3v) is 2.47. The molecule has 1 atom stereocenters. The van der Waals surface area contributed by atoms with Crippen LogP contribution in [0.5, 0.6) is 5.75 Å². The van der Waals surface area contributed by atoms with Crippen molar-refractivity contribution in [3.8, 4) is 5.75 Å². The Bertz CT molecular complexity index is 344. The van der Waals surface area contributed by atoms with Crippen molar-refractivity contribution in [2.75, 3.05) is 7.11 Å². The molecule has 0 radical (unpaired) electrons. The molecule has 0 heterocycles. The van der Waals surface area contributed by atoms with Gasteiger partial charge in [-0.25, -0.2) is 4.39 Å². The lowest BCUT2D eigenvalue weighted by Gasteiger charge is -2.27. The summed E-state index contributed by atoms with van der Waals surface area (Å²) in [6.45, 7) is 6.15. The highest BCUT2D eigenvalue weighted by Crippen LogP contribution is 2.32. The van der Waals surface area contributed by atoms with Gasteiger partial charge in [0.2, 0.25) is 0 Å². The van der Waals surface area contributed by atoms with Gasteiger partial charge in [0.25, 0.3) is 0 Å². The monoisotopic (exact) mass is 211 g/mol. The smallest absolute Gasteiger partial charge is 0.165 e. The number of hydrogen-bond donors (Lipinski definition) is 1. The van der Waals surface area contributed by atoms with E-state index in [0.717, 1.165) is 5.56 Å². The van der Waals surface area contributed by atoms with Gasteiger partial charge in [-0.05, 0) is 23.1 Å². The third kappa shape index (κ3) is 2.69. The molecule has 0 aromatic heterocycles. The molecule has 3 heteroatoms. The van der Waals surface area contributed by atoms with E-state index in [2.05, 4.69) is 0 Å². The second-order valence-corrected chi connectivity index (χ2v) is 4.74. The number of nitrogens with two attached hydrogens (primary N) is 1. The zero-order valence-electron chi connectivity index (χ0n) is 9.67. The number of methoxy groups -OCH3 is 1. The average Bonchev–Trinajstić information content (AvgIpc) is 2.16. The van der Waals surface area contributed by atoms with Gasteiger partial charge in [-0.1, -0.05) is 26.8 Å². The van der Waals surface area contributed by atoms with Gasteiger partial charge in [-0.2, -0.15) is 0 Å². The van der Waals surface area contributed by atoms with Crippen LogP contribution in [0.4, 0.5) is 4.39 Å². The van der Waals surface area contributed by atoms with Crippen molar-refractivity contribution < 1.29 is 9.13 Å². The van der Waals surface area contributed by atoms with Crippen LogP contribution >= 0.6 is 0 Å². The van der Waals surface area contributed by atoms with E-state index in [9.17, 15) is 4.39 Å². The van der Waals surface area contributed by atoms with E-state index < -0.39 is 0 Å². The molecule has 0 aliphatic rings. The van der Waals surface area contributed by atoms with Crippen LogP contribution in [0.1, 0.15) is 32.4 Å². The zero-order valence-corrected chi connectivity index (χ0v) is 9.67. The minimum absolute atomic E-state index is 0.0527. The first-order chi connectivity index (χ1) is 6.86. The molecule has 2 N–H and O–H groups in total. The van der Waals surface area contributed by atoms with Gasteiger partial charge >= 0.3 is 0 Å². The van der Waals surface area contributed by atoms with Gasteiger partial charge in [0.1, 0.15) is 0 Å². The first-order valence-electron chi connectivity index (χ1n) is 4.95. The van der Waals surface area contributed by atoms with Crippen molar-refractivity contribution in [2.24, 2.45) is 11.1 Å². The van der Waals surface area contributed by atoms with Crippen LogP contribution in [0.3, 0.4) is 0 Å². The van der Waals surface area contributed by atoms with Crippen LogP contribution in [0.15, 0.2) is 18.2 Å². The molecule has 84 valence electrons. The summed E-state index contributed by atoms with van der Waals surface area (Å²) in [5, 5.41) is 0. The lowest BCUT2D eigenvalue weighted by Crippen LogP contribution is -2.26. The Hall–Kier alpha value is -1.09. The molecule has 0 bridgehead atoms. The Kier molecular flexibility index (Phi) is 3.35. The summed E-state index contributed by atoms with van der Waals surface area (Å²) in [6, 6.07) is 4.62. The van der Waals surface area contributed by atoms with E-state index in [0.29, 0.717) is 0 Å². The molecule has 2 nitrogen and oxygen atoms in total.